The lowest BCUT2D eigenvalue weighted by molar-refractivity contribution is 0.391. The molecule has 0 radical (unpaired) electrons. The zero-order valence-electron chi connectivity index (χ0n) is 8.92. The minimum absolute atomic E-state index is 0.259. The first kappa shape index (κ1) is 11.9. The van der Waals surface area contributed by atoms with Gasteiger partial charge in [0.15, 0.2) is 11.6 Å². The Morgan fingerprint density at radius 3 is 2.62 bits per heavy atom. The van der Waals surface area contributed by atoms with Crippen molar-refractivity contribution in [2.45, 2.75) is 31.7 Å². The van der Waals surface area contributed by atoms with Crippen molar-refractivity contribution in [2.75, 3.05) is 0 Å². The third-order valence-corrected chi connectivity index (χ3v) is 3.98. The second-order valence-electron chi connectivity index (χ2n) is 4.37. The molecule has 0 aromatic heterocycles. The normalized spacial score (nSPS) is 18.9. The van der Waals surface area contributed by atoms with Gasteiger partial charge in [-0.05, 0) is 40.8 Å². The zero-order valence-corrected chi connectivity index (χ0v) is 10.5. The maximum Gasteiger partial charge on any atom is 0.179 e. The predicted octanol–water partition coefficient (Wildman–Crippen LogP) is 3.48. The third-order valence-electron chi connectivity index (χ3n) is 3.37. The highest BCUT2D eigenvalue weighted by molar-refractivity contribution is 9.10. The van der Waals surface area contributed by atoms with Gasteiger partial charge < -0.3 is 10.8 Å². The van der Waals surface area contributed by atoms with E-state index in [4.69, 9.17) is 5.73 Å². The second kappa shape index (κ2) is 4.72. The van der Waals surface area contributed by atoms with Crippen molar-refractivity contribution in [2.24, 2.45) is 11.7 Å². The third kappa shape index (κ3) is 2.09. The predicted molar refractivity (Wildman–Crippen MR) is 64.7 cm³/mol. The van der Waals surface area contributed by atoms with Crippen LogP contribution in [0.5, 0.6) is 5.75 Å². The van der Waals surface area contributed by atoms with Crippen LogP contribution in [0.25, 0.3) is 0 Å². The van der Waals surface area contributed by atoms with Crippen LogP contribution in [0.3, 0.4) is 0 Å². The molecular weight excluding hydrogens is 273 g/mol. The Kier molecular flexibility index (Phi) is 3.50. The molecule has 2 rings (SSSR count). The molecule has 3 N–H and O–H groups in total. The molecule has 1 atom stereocenters. The molecule has 0 unspecified atom stereocenters. The first-order chi connectivity index (χ1) is 7.61. The summed E-state index contributed by atoms with van der Waals surface area (Å²) in [7, 11) is 0. The lowest BCUT2D eigenvalue weighted by Gasteiger charge is -2.20. The van der Waals surface area contributed by atoms with Gasteiger partial charge in [-0.3, -0.25) is 0 Å². The van der Waals surface area contributed by atoms with E-state index in [1.165, 1.54) is 12.8 Å². The molecule has 0 bridgehead atoms. The fourth-order valence-electron chi connectivity index (χ4n) is 2.39. The quantitative estimate of drug-likeness (QED) is 0.875. The average molecular weight is 288 g/mol. The number of aromatic hydroxyl groups is 1. The maximum atomic E-state index is 13.5. The summed E-state index contributed by atoms with van der Waals surface area (Å²) in [5.41, 5.74) is 6.60. The molecule has 1 saturated carbocycles. The molecule has 88 valence electrons. The highest BCUT2D eigenvalue weighted by atomic mass is 79.9. The van der Waals surface area contributed by atoms with Crippen LogP contribution >= 0.6 is 15.9 Å². The molecule has 4 heteroatoms. The van der Waals surface area contributed by atoms with Gasteiger partial charge in [0, 0.05) is 11.6 Å². The van der Waals surface area contributed by atoms with Crippen LogP contribution in [0.15, 0.2) is 16.6 Å². The second-order valence-corrected chi connectivity index (χ2v) is 5.22. The summed E-state index contributed by atoms with van der Waals surface area (Å²) in [6, 6.07) is 3.04. The van der Waals surface area contributed by atoms with Crippen molar-refractivity contribution in [3.8, 4) is 5.75 Å². The number of hydrogen-bond donors (Lipinski definition) is 2. The van der Waals surface area contributed by atoms with Gasteiger partial charge in [-0.1, -0.05) is 18.9 Å². The van der Waals surface area contributed by atoms with Crippen molar-refractivity contribution in [1.82, 2.24) is 0 Å². The van der Waals surface area contributed by atoms with Gasteiger partial charge in [-0.2, -0.15) is 0 Å². The lowest BCUT2D eigenvalue weighted by Crippen LogP contribution is -2.19. The monoisotopic (exact) mass is 287 g/mol. The van der Waals surface area contributed by atoms with Crippen molar-refractivity contribution < 1.29 is 9.50 Å². The van der Waals surface area contributed by atoms with Crippen LogP contribution in [0.4, 0.5) is 4.39 Å². The van der Waals surface area contributed by atoms with Crippen molar-refractivity contribution in [3.05, 3.63) is 28.0 Å². The number of nitrogens with two attached hydrogens (primary N) is 1. The topological polar surface area (TPSA) is 46.2 Å². The fourth-order valence-corrected chi connectivity index (χ4v) is 2.71. The average Bonchev–Trinajstić information content (AvgIpc) is 2.79. The summed E-state index contributed by atoms with van der Waals surface area (Å²) >= 11 is 3.04. The molecule has 1 aliphatic carbocycles. The Morgan fingerprint density at radius 2 is 2.00 bits per heavy atom. The molecule has 16 heavy (non-hydrogen) atoms. The summed E-state index contributed by atoms with van der Waals surface area (Å²) in [6.07, 6.45) is 4.49. The highest BCUT2D eigenvalue weighted by Crippen LogP contribution is 2.39. The zero-order chi connectivity index (χ0) is 11.7. The molecule has 0 amide bonds. The summed E-state index contributed by atoms with van der Waals surface area (Å²) < 4.78 is 13.8. The van der Waals surface area contributed by atoms with Gasteiger partial charge in [0.25, 0.3) is 0 Å². The van der Waals surface area contributed by atoms with E-state index in [1.807, 2.05) is 0 Å². The molecule has 0 saturated heterocycles. The maximum absolute atomic E-state index is 13.5. The van der Waals surface area contributed by atoms with Crippen molar-refractivity contribution >= 4 is 15.9 Å². The summed E-state index contributed by atoms with van der Waals surface area (Å²) in [6.45, 7) is 0. The highest BCUT2D eigenvalue weighted by Gasteiger charge is 2.26. The van der Waals surface area contributed by atoms with E-state index in [2.05, 4.69) is 15.9 Å². The summed E-state index contributed by atoms with van der Waals surface area (Å²) in [4.78, 5) is 0. The standard InChI is InChI=1S/C12H15BrFNO/c13-9-6-5-8(12(16)10(9)14)11(15)7-3-1-2-4-7/h5-7,11,16H,1-4,15H2/t11-/m0/s1. The van der Waals surface area contributed by atoms with Crippen molar-refractivity contribution in [1.29, 1.82) is 0 Å². The van der Waals surface area contributed by atoms with Gasteiger partial charge in [-0.15, -0.1) is 0 Å². The van der Waals surface area contributed by atoms with E-state index in [0.29, 0.717) is 11.5 Å². The number of phenolic OH excluding ortho intramolecular Hbond substituents is 1. The smallest absolute Gasteiger partial charge is 0.179 e. The molecule has 1 aromatic rings. The Morgan fingerprint density at radius 1 is 1.38 bits per heavy atom. The van der Waals surface area contributed by atoms with E-state index in [9.17, 15) is 9.50 Å². The number of hydrogen-bond acceptors (Lipinski definition) is 2. The Bertz CT molecular complexity index is 391. The first-order valence-electron chi connectivity index (χ1n) is 5.53. The van der Waals surface area contributed by atoms with Gasteiger partial charge in [0.2, 0.25) is 0 Å². The molecule has 1 aromatic carbocycles. The molecular formula is C12H15BrFNO. The number of benzene rings is 1. The van der Waals surface area contributed by atoms with E-state index in [1.54, 1.807) is 12.1 Å². The van der Waals surface area contributed by atoms with Gasteiger partial charge in [-0.25, -0.2) is 4.39 Å². The number of phenols is 1. The van der Waals surface area contributed by atoms with Crippen molar-refractivity contribution in [3.63, 3.8) is 0 Å². The molecule has 0 aliphatic heterocycles. The molecule has 1 fully saturated rings. The fraction of sp³-hybridized carbons (Fsp3) is 0.500. The van der Waals surface area contributed by atoms with Gasteiger partial charge in [0.05, 0.1) is 4.47 Å². The summed E-state index contributed by atoms with van der Waals surface area (Å²) in [5, 5.41) is 9.72. The minimum Gasteiger partial charge on any atom is -0.505 e. The Labute approximate surface area is 103 Å². The summed E-state index contributed by atoms with van der Waals surface area (Å²) in [5.74, 6) is -0.564. The number of rotatable bonds is 2. The van der Waals surface area contributed by atoms with Crippen LogP contribution in [-0.2, 0) is 0 Å². The van der Waals surface area contributed by atoms with Gasteiger partial charge in [0.1, 0.15) is 0 Å². The van der Waals surface area contributed by atoms with Crippen LogP contribution in [0.1, 0.15) is 37.3 Å². The van der Waals surface area contributed by atoms with E-state index < -0.39 is 5.82 Å². The lowest BCUT2D eigenvalue weighted by atomic mass is 9.92. The van der Waals surface area contributed by atoms with Crippen LogP contribution < -0.4 is 5.73 Å². The van der Waals surface area contributed by atoms with E-state index >= 15 is 0 Å². The first-order valence-corrected chi connectivity index (χ1v) is 6.33. The molecule has 0 spiro atoms. The molecule has 2 nitrogen and oxygen atoms in total. The Balaban J connectivity index is 2.29. The Hall–Kier alpha value is -0.610. The van der Waals surface area contributed by atoms with Gasteiger partial charge >= 0.3 is 0 Å². The van der Waals surface area contributed by atoms with E-state index in [-0.39, 0.29) is 16.3 Å². The molecule has 0 heterocycles. The van der Waals surface area contributed by atoms with Crippen LogP contribution in [0.2, 0.25) is 0 Å². The largest absolute Gasteiger partial charge is 0.505 e. The number of halogens is 2. The molecule has 1 aliphatic rings. The van der Waals surface area contributed by atoms with Crippen LogP contribution in [-0.4, -0.2) is 5.11 Å². The van der Waals surface area contributed by atoms with E-state index in [0.717, 1.165) is 12.8 Å². The van der Waals surface area contributed by atoms with Crippen LogP contribution in [0, 0.1) is 11.7 Å². The minimum atomic E-state index is -0.619. The SMILES string of the molecule is N[C@H](c1ccc(Br)c(F)c1O)C1CCCC1.